The summed E-state index contributed by atoms with van der Waals surface area (Å²) in [6.07, 6.45) is 4.01. The first kappa shape index (κ1) is 11.2. The van der Waals surface area contributed by atoms with Gasteiger partial charge in [-0.15, -0.1) is 11.3 Å². The Morgan fingerprint density at radius 3 is 2.94 bits per heavy atom. The zero-order valence-corrected chi connectivity index (χ0v) is 9.67. The lowest BCUT2D eigenvalue weighted by Gasteiger charge is -2.14. The minimum absolute atomic E-state index is 0.132. The van der Waals surface area contributed by atoms with Gasteiger partial charge in [0.25, 0.3) is 0 Å². The zero-order chi connectivity index (χ0) is 11.4. The summed E-state index contributed by atoms with van der Waals surface area (Å²) in [6, 6.07) is 2.89. The van der Waals surface area contributed by atoms with E-state index in [2.05, 4.69) is 15.3 Å². The Balaban J connectivity index is 2.20. The van der Waals surface area contributed by atoms with Gasteiger partial charge in [-0.2, -0.15) is 0 Å². The van der Waals surface area contributed by atoms with Crippen molar-refractivity contribution in [3.63, 3.8) is 0 Å². The number of halogens is 1. The van der Waals surface area contributed by atoms with E-state index in [9.17, 15) is 4.39 Å². The Hall–Kier alpha value is -1.33. The first-order chi connectivity index (χ1) is 7.81. The van der Waals surface area contributed by atoms with E-state index in [4.69, 9.17) is 0 Å². The molecule has 0 aromatic carbocycles. The van der Waals surface area contributed by atoms with E-state index < -0.39 is 0 Å². The fourth-order valence-electron chi connectivity index (χ4n) is 1.52. The first-order valence-corrected chi connectivity index (χ1v) is 5.85. The van der Waals surface area contributed by atoms with Gasteiger partial charge in [-0.05, 0) is 19.2 Å². The van der Waals surface area contributed by atoms with Crippen LogP contribution in [0.5, 0.6) is 0 Å². The minimum atomic E-state index is -0.279. The monoisotopic (exact) mass is 237 g/mol. The third-order valence-electron chi connectivity index (χ3n) is 2.33. The number of hydrogen-bond donors (Lipinski definition) is 1. The normalized spacial score (nSPS) is 12.6. The molecule has 1 unspecified atom stereocenters. The van der Waals surface area contributed by atoms with E-state index in [0.29, 0.717) is 12.1 Å². The second-order valence-electron chi connectivity index (χ2n) is 3.34. The van der Waals surface area contributed by atoms with Crippen LogP contribution in [-0.2, 0) is 6.42 Å². The Morgan fingerprint density at radius 2 is 2.31 bits per heavy atom. The van der Waals surface area contributed by atoms with Crippen molar-refractivity contribution in [2.45, 2.75) is 12.5 Å². The van der Waals surface area contributed by atoms with Gasteiger partial charge in [0.15, 0.2) is 0 Å². The van der Waals surface area contributed by atoms with E-state index in [1.807, 2.05) is 5.38 Å². The predicted molar refractivity (Wildman–Crippen MR) is 61.8 cm³/mol. The van der Waals surface area contributed by atoms with Gasteiger partial charge in [0.2, 0.25) is 0 Å². The maximum Gasteiger partial charge on any atom is 0.146 e. The van der Waals surface area contributed by atoms with E-state index in [1.165, 1.54) is 6.07 Å². The molecule has 1 atom stereocenters. The molecule has 0 saturated carbocycles. The Labute approximate surface area is 97.4 Å². The molecule has 1 N–H and O–H groups in total. The summed E-state index contributed by atoms with van der Waals surface area (Å²) in [7, 11) is 1.80. The van der Waals surface area contributed by atoms with Crippen molar-refractivity contribution in [1.29, 1.82) is 0 Å². The molecule has 0 radical (unpaired) electrons. The molecule has 0 aliphatic carbocycles. The molecule has 2 aromatic rings. The third-order valence-corrected chi connectivity index (χ3v) is 3.13. The maximum atomic E-state index is 13.5. The lowest BCUT2D eigenvalue weighted by atomic mass is 10.1. The average Bonchev–Trinajstić information content (AvgIpc) is 2.80. The Morgan fingerprint density at radius 1 is 1.44 bits per heavy atom. The Kier molecular flexibility index (Phi) is 3.58. The van der Waals surface area contributed by atoms with Crippen LogP contribution < -0.4 is 5.32 Å². The van der Waals surface area contributed by atoms with Crippen LogP contribution in [0.15, 0.2) is 29.9 Å². The fraction of sp³-hybridized carbons (Fsp3) is 0.273. The van der Waals surface area contributed by atoms with Crippen molar-refractivity contribution in [2.24, 2.45) is 0 Å². The summed E-state index contributed by atoms with van der Waals surface area (Å²) in [5, 5.41) is 5.95. The summed E-state index contributed by atoms with van der Waals surface area (Å²) in [5.74, 6) is -0.279. The first-order valence-electron chi connectivity index (χ1n) is 4.97. The summed E-state index contributed by atoms with van der Waals surface area (Å²) < 4.78 is 13.5. The van der Waals surface area contributed by atoms with E-state index in [-0.39, 0.29) is 11.9 Å². The van der Waals surface area contributed by atoms with Crippen LogP contribution in [0.4, 0.5) is 4.39 Å². The van der Waals surface area contributed by atoms with Gasteiger partial charge in [-0.1, -0.05) is 0 Å². The molecule has 2 rings (SSSR count). The van der Waals surface area contributed by atoms with Gasteiger partial charge in [0, 0.05) is 24.2 Å². The molecular formula is C11H12FN3S. The highest BCUT2D eigenvalue weighted by molar-refractivity contribution is 7.09. The van der Waals surface area contributed by atoms with E-state index >= 15 is 0 Å². The van der Waals surface area contributed by atoms with Gasteiger partial charge in [-0.3, -0.25) is 4.98 Å². The highest BCUT2D eigenvalue weighted by Crippen LogP contribution is 2.19. The predicted octanol–water partition coefficient (Wildman–Crippen LogP) is 2.18. The van der Waals surface area contributed by atoms with E-state index in [0.717, 1.165) is 5.01 Å². The molecule has 0 aliphatic rings. The quantitative estimate of drug-likeness (QED) is 0.885. The minimum Gasteiger partial charge on any atom is -0.311 e. The summed E-state index contributed by atoms with van der Waals surface area (Å²) >= 11 is 1.57. The number of thiazole rings is 1. The fourth-order valence-corrected chi connectivity index (χ4v) is 2.18. The van der Waals surface area contributed by atoms with Crippen LogP contribution in [0.3, 0.4) is 0 Å². The van der Waals surface area contributed by atoms with Gasteiger partial charge in [-0.25, -0.2) is 9.37 Å². The third kappa shape index (κ3) is 2.43. The van der Waals surface area contributed by atoms with Crippen molar-refractivity contribution < 1.29 is 4.39 Å². The molecule has 84 valence electrons. The molecule has 3 nitrogen and oxygen atoms in total. The van der Waals surface area contributed by atoms with Gasteiger partial charge in [0.05, 0.1) is 16.7 Å². The molecule has 0 bridgehead atoms. The van der Waals surface area contributed by atoms with Crippen LogP contribution in [0.1, 0.15) is 16.7 Å². The molecule has 5 heteroatoms. The largest absolute Gasteiger partial charge is 0.311 e. The van der Waals surface area contributed by atoms with Crippen molar-refractivity contribution in [3.8, 4) is 0 Å². The van der Waals surface area contributed by atoms with Crippen molar-refractivity contribution in [3.05, 3.63) is 46.4 Å². The Bertz CT molecular complexity index is 444. The topological polar surface area (TPSA) is 37.8 Å². The highest BCUT2D eigenvalue weighted by Gasteiger charge is 2.16. The van der Waals surface area contributed by atoms with Crippen molar-refractivity contribution in [1.82, 2.24) is 15.3 Å². The number of nitrogens with one attached hydrogen (secondary N) is 1. The second-order valence-corrected chi connectivity index (χ2v) is 4.32. The molecular weight excluding hydrogens is 225 g/mol. The van der Waals surface area contributed by atoms with Crippen LogP contribution in [0, 0.1) is 5.82 Å². The average molecular weight is 237 g/mol. The highest BCUT2D eigenvalue weighted by atomic mass is 32.1. The van der Waals surface area contributed by atoms with Crippen LogP contribution in [0.2, 0.25) is 0 Å². The molecule has 0 saturated heterocycles. The standard InChI is InChI=1S/C11H12FN3S/c1-13-9(7-10-14-5-6-16-10)11-8(12)3-2-4-15-11/h2-6,9,13H,7H2,1H3. The molecule has 0 fully saturated rings. The van der Waals surface area contributed by atoms with Crippen LogP contribution in [0.25, 0.3) is 0 Å². The molecule has 0 amide bonds. The SMILES string of the molecule is CNC(Cc1nccs1)c1ncccc1F. The number of rotatable bonds is 4. The number of aromatic nitrogens is 2. The van der Waals surface area contributed by atoms with Crippen LogP contribution >= 0.6 is 11.3 Å². The molecule has 2 aromatic heterocycles. The summed E-state index contributed by atoms with van der Waals surface area (Å²) in [5.41, 5.74) is 0.445. The number of pyridine rings is 1. The van der Waals surface area contributed by atoms with Crippen molar-refractivity contribution in [2.75, 3.05) is 7.05 Å². The lowest BCUT2D eigenvalue weighted by Crippen LogP contribution is -2.21. The number of hydrogen-bond acceptors (Lipinski definition) is 4. The van der Waals surface area contributed by atoms with Crippen molar-refractivity contribution >= 4 is 11.3 Å². The smallest absolute Gasteiger partial charge is 0.146 e. The molecule has 0 aliphatic heterocycles. The second kappa shape index (κ2) is 5.14. The van der Waals surface area contributed by atoms with Crippen LogP contribution in [-0.4, -0.2) is 17.0 Å². The molecule has 16 heavy (non-hydrogen) atoms. The summed E-state index contributed by atoms with van der Waals surface area (Å²) in [4.78, 5) is 8.26. The molecule has 0 spiro atoms. The van der Waals surface area contributed by atoms with Gasteiger partial charge >= 0.3 is 0 Å². The number of nitrogens with zero attached hydrogens (tertiary/aromatic N) is 2. The van der Waals surface area contributed by atoms with E-state index in [1.54, 1.807) is 36.8 Å². The zero-order valence-electron chi connectivity index (χ0n) is 8.85. The lowest BCUT2D eigenvalue weighted by molar-refractivity contribution is 0.516. The maximum absolute atomic E-state index is 13.5. The summed E-state index contributed by atoms with van der Waals surface area (Å²) in [6.45, 7) is 0. The molecule has 2 heterocycles. The van der Waals surface area contributed by atoms with Gasteiger partial charge in [0.1, 0.15) is 5.82 Å². The number of likely N-dealkylation sites (N-methyl/N-ethyl adjacent to an activating group) is 1. The van der Waals surface area contributed by atoms with Gasteiger partial charge < -0.3 is 5.32 Å².